The third kappa shape index (κ3) is 5.00. The minimum absolute atomic E-state index is 4.55. The molecule has 0 aliphatic rings. The monoisotopic (exact) mass is 548 g/mol. The predicted molar refractivity (Wildman–Crippen MR) is 60.9 cm³/mol. The SMILES string of the molecule is FC(F)C(F)(F)C(F)(F)C(F)(F)C(F)(F)CC(F)(F)CC(F)(F)C(F)(F)C(F)(F)C(F)(F)F. The molecule has 0 aliphatic carbocycles. The van der Waals surface area contributed by atoms with Crippen LogP contribution in [0.15, 0.2) is 0 Å². The zero-order chi connectivity index (χ0) is 27.5. The van der Waals surface area contributed by atoms with Crippen LogP contribution >= 0.6 is 0 Å². The molecular formula is C12H5F21. The molecule has 0 rings (SSSR count). The van der Waals surface area contributed by atoms with E-state index in [0.29, 0.717) is 0 Å². The van der Waals surface area contributed by atoms with Crippen LogP contribution in [-0.4, -0.2) is 60.0 Å². The van der Waals surface area contributed by atoms with Crippen LogP contribution in [0.5, 0.6) is 0 Å². The molecule has 0 bridgehead atoms. The first-order valence-electron chi connectivity index (χ1n) is 7.23. The lowest BCUT2D eigenvalue weighted by atomic mass is 9.90. The van der Waals surface area contributed by atoms with E-state index < -0.39 is 72.8 Å². The molecule has 0 saturated heterocycles. The molecular weight excluding hydrogens is 543 g/mol. The van der Waals surface area contributed by atoms with Crippen molar-refractivity contribution in [1.29, 1.82) is 0 Å². The molecule has 0 spiro atoms. The average molecular weight is 548 g/mol. The van der Waals surface area contributed by atoms with E-state index in [1.165, 1.54) is 0 Å². The molecule has 33 heavy (non-hydrogen) atoms. The first-order chi connectivity index (χ1) is 13.9. The standard InChI is InChI=1S/C12H5F21/c13-3(14)7(21,22)10(27,28)8(23,24)5(17,18)1-4(15,16)2-6(19,20)9(25,26)11(29,30)12(31,32)33/h3H,1-2H2. The van der Waals surface area contributed by atoms with Crippen molar-refractivity contribution in [3.05, 3.63) is 0 Å². The maximum absolute atomic E-state index is 13.3. The lowest BCUT2D eigenvalue weighted by Crippen LogP contribution is -2.65. The summed E-state index contributed by atoms with van der Waals surface area (Å²) in [5, 5.41) is 0. The van der Waals surface area contributed by atoms with Gasteiger partial charge in [-0.15, -0.1) is 0 Å². The smallest absolute Gasteiger partial charge is 0.206 e. The van der Waals surface area contributed by atoms with Gasteiger partial charge in [-0.1, -0.05) is 0 Å². The molecule has 0 nitrogen and oxygen atoms in total. The van der Waals surface area contributed by atoms with Crippen LogP contribution in [-0.2, 0) is 0 Å². The zero-order valence-electron chi connectivity index (χ0n) is 14.4. The highest BCUT2D eigenvalue weighted by Crippen LogP contribution is 2.59. The molecule has 0 N–H and O–H groups in total. The Morgan fingerprint density at radius 3 is 0.909 bits per heavy atom. The Morgan fingerprint density at radius 1 is 0.394 bits per heavy atom. The molecule has 0 unspecified atom stereocenters. The van der Waals surface area contributed by atoms with Gasteiger partial charge >= 0.3 is 54.1 Å². The molecule has 0 fully saturated rings. The summed E-state index contributed by atoms with van der Waals surface area (Å²) in [7, 11) is 0. The van der Waals surface area contributed by atoms with E-state index in [4.69, 9.17) is 0 Å². The third-order valence-corrected chi connectivity index (χ3v) is 3.72. The zero-order valence-corrected chi connectivity index (χ0v) is 14.4. The fourth-order valence-corrected chi connectivity index (χ4v) is 1.92. The van der Waals surface area contributed by atoms with Crippen molar-refractivity contribution >= 4 is 0 Å². The maximum atomic E-state index is 13.3. The summed E-state index contributed by atoms with van der Waals surface area (Å²) >= 11 is 0. The fraction of sp³-hybridized carbons (Fsp3) is 1.00. The number of hydrogen-bond acceptors (Lipinski definition) is 0. The molecule has 200 valence electrons. The molecule has 0 radical (unpaired) electrons. The average Bonchev–Trinajstić information content (AvgIpc) is 2.50. The van der Waals surface area contributed by atoms with E-state index in [1.807, 2.05) is 0 Å². The van der Waals surface area contributed by atoms with E-state index in [0.717, 1.165) is 0 Å². The Morgan fingerprint density at radius 2 is 0.667 bits per heavy atom. The summed E-state index contributed by atoms with van der Waals surface area (Å²) in [5.74, 6) is -60.4. The van der Waals surface area contributed by atoms with Crippen molar-refractivity contribution < 1.29 is 92.2 Å². The highest BCUT2D eigenvalue weighted by molar-refractivity contribution is 5.07. The molecule has 0 aromatic rings. The topological polar surface area (TPSA) is 0 Å². The van der Waals surface area contributed by atoms with Gasteiger partial charge in [-0.2, -0.15) is 74.6 Å². The Balaban J connectivity index is 6.18. The number of halogens is 21. The third-order valence-electron chi connectivity index (χ3n) is 3.72. The van der Waals surface area contributed by atoms with Crippen LogP contribution < -0.4 is 0 Å². The van der Waals surface area contributed by atoms with Crippen LogP contribution in [0.4, 0.5) is 92.2 Å². The first-order valence-corrected chi connectivity index (χ1v) is 7.23. The van der Waals surface area contributed by atoms with Crippen molar-refractivity contribution in [2.24, 2.45) is 0 Å². The molecule has 0 aromatic heterocycles. The minimum Gasteiger partial charge on any atom is -0.206 e. The van der Waals surface area contributed by atoms with E-state index in [1.54, 1.807) is 0 Å². The molecule has 0 aromatic carbocycles. The number of alkyl halides is 21. The molecule has 0 aliphatic heterocycles. The normalized spacial score (nSPS) is 16.5. The van der Waals surface area contributed by atoms with Crippen molar-refractivity contribution in [2.45, 2.75) is 72.8 Å². The summed E-state index contributed by atoms with van der Waals surface area (Å²) in [6, 6.07) is 0. The van der Waals surface area contributed by atoms with Crippen molar-refractivity contribution in [1.82, 2.24) is 0 Å². The van der Waals surface area contributed by atoms with Gasteiger partial charge in [0.1, 0.15) is 0 Å². The second kappa shape index (κ2) is 8.04. The van der Waals surface area contributed by atoms with Gasteiger partial charge < -0.3 is 0 Å². The van der Waals surface area contributed by atoms with Gasteiger partial charge in [0.15, 0.2) is 0 Å². The number of hydrogen-bond donors (Lipinski definition) is 0. The van der Waals surface area contributed by atoms with Gasteiger partial charge in [-0.3, -0.25) is 0 Å². The van der Waals surface area contributed by atoms with Crippen molar-refractivity contribution in [3.63, 3.8) is 0 Å². The summed E-state index contributed by atoms with van der Waals surface area (Å²) in [6.45, 7) is 0. The minimum atomic E-state index is -7.95. The van der Waals surface area contributed by atoms with Crippen LogP contribution in [0.3, 0.4) is 0 Å². The van der Waals surface area contributed by atoms with Gasteiger partial charge in [-0.05, 0) is 0 Å². The Bertz CT molecular complexity index is 682. The molecule has 21 heteroatoms. The van der Waals surface area contributed by atoms with E-state index >= 15 is 0 Å². The second-order valence-electron chi connectivity index (χ2n) is 6.34. The van der Waals surface area contributed by atoms with Gasteiger partial charge in [0.25, 0.3) is 5.92 Å². The fourth-order valence-electron chi connectivity index (χ4n) is 1.92. The number of rotatable bonds is 10. The molecule has 0 heterocycles. The van der Waals surface area contributed by atoms with Gasteiger partial charge in [0.05, 0.1) is 12.8 Å². The van der Waals surface area contributed by atoms with Crippen LogP contribution in [0.2, 0.25) is 0 Å². The highest BCUT2D eigenvalue weighted by atomic mass is 19.4. The quantitative estimate of drug-likeness (QED) is 0.246. The van der Waals surface area contributed by atoms with Crippen LogP contribution in [0, 0.1) is 0 Å². The van der Waals surface area contributed by atoms with E-state index in [9.17, 15) is 92.2 Å². The summed E-state index contributed by atoms with van der Waals surface area (Å²) in [5.41, 5.74) is 0. The summed E-state index contributed by atoms with van der Waals surface area (Å²) in [6.07, 6.45) is -22.6. The summed E-state index contributed by atoms with van der Waals surface area (Å²) < 4.78 is 267. The second-order valence-corrected chi connectivity index (χ2v) is 6.34. The van der Waals surface area contributed by atoms with Gasteiger partial charge in [-0.25, -0.2) is 17.6 Å². The molecule has 0 amide bonds. The van der Waals surface area contributed by atoms with Crippen LogP contribution in [0.1, 0.15) is 12.8 Å². The Hall–Kier alpha value is -1.47. The van der Waals surface area contributed by atoms with Gasteiger partial charge in [0.2, 0.25) is 0 Å². The van der Waals surface area contributed by atoms with Crippen LogP contribution in [0.25, 0.3) is 0 Å². The van der Waals surface area contributed by atoms with Crippen molar-refractivity contribution in [3.8, 4) is 0 Å². The van der Waals surface area contributed by atoms with E-state index in [2.05, 4.69) is 0 Å². The first kappa shape index (κ1) is 31.5. The lowest BCUT2D eigenvalue weighted by molar-refractivity contribution is -0.405. The summed E-state index contributed by atoms with van der Waals surface area (Å²) in [4.78, 5) is 0. The maximum Gasteiger partial charge on any atom is 0.460 e. The highest BCUT2D eigenvalue weighted by Gasteiger charge is 2.85. The molecule has 0 atom stereocenters. The molecule has 0 saturated carbocycles. The predicted octanol–water partition coefficient (Wildman–Crippen LogP) is 7.68. The van der Waals surface area contributed by atoms with E-state index in [-0.39, 0.29) is 0 Å². The largest absolute Gasteiger partial charge is 0.460 e. The van der Waals surface area contributed by atoms with Gasteiger partial charge in [0, 0.05) is 0 Å². The van der Waals surface area contributed by atoms with Crippen molar-refractivity contribution in [2.75, 3.05) is 0 Å². The lowest BCUT2D eigenvalue weighted by Gasteiger charge is -2.38. The Labute approximate surface area is 166 Å². The Kier molecular flexibility index (Phi) is 7.69.